The topological polar surface area (TPSA) is 58.1 Å². The van der Waals surface area contributed by atoms with E-state index in [0.29, 0.717) is 13.2 Å². The predicted molar refractivity (Wildman–Crippen MR) is 121 cm³/mol. The number of rotatable bonds is 13. The second-order valence-corrected chi connectivity index (χ2v) is 6.88. The Morgan fingerprint density at radius 2 is 1.85 bits per heavy atom. The van der Waals surface area contributed by atoms with Gasteiger partial charge in [0.25, 0.3) is 0 Å². The first-order chi connectivity index (χ1) is 12.3. The zero-order valence-electron chi connectivity index (χ0n) is 17.1. The fraction of sp³-hybridized carbons (Fsp3) is 0.947. The number of guanidine groups is 1. The van der Waals surface area contributed by atoms with Crippen LogP contribution in [0.25, 0.3) is 0 Å². The molecule has 1 rings (SSSR count). The highest BCUT2D eigenvalue weighted by Gasteiger charge is 2.14. The third kappa shape index (κ3) is 14.0. The number of nitrogens with zero attached hydrogens (tertiary/aromatic N) is 2. The smallest absolute Gasteiger partial charge is 0.191 e. The summed E-state index contributed by atoms with van der Waals surface area (Å²) in [7, 11) is 1.69. The molecular formula is C19H41IN4O2. The van der Waals surface area contributed by atoms with E-state index in [1.165, 1.54) is 45.3 Å². The van der Waals surface area contributed by atoms with E-state index in [2.05, 4.69) is 34.4 Å². The van der Waals surface area contributed by atoms with Gasteiger partial charge in [0.15, 0.2) is 5.96 Å². The van der Waals surface area contributed by atoms with Gasteiger partial charge in [-0.3, -0.25) is 4.99 Å². The average Bonchev–Trinajstić information content (AvgIpc) is 2.62. The van der Waals surface area contributed by atoms with E-state index in [0.717, 1.165) is 44.5 Å². The first kappa shape index (κ1) is 25.9. The average molecular weight is 484 g/mol. The van der Waals surface area contributed by atoms with Crippen LogP contribution in [0.3, 0.4) is 0 Å². The fourth-order valence-electron chi connectivity index (χ4n) is 2.90. The Bertz CT molecular complexity index is 338. The second-order valence-electron chi connectivity index (χ2n) is 6.88. The van der Waals surface area contributed by atoms with Gasteiger partial charge < -0.3 is 25.0 Å². The van der Waals surface area contributed by atoms with E-state index in [1.54, 1.807) is 7.11 Å². The van der Waals surface area contributed by atoms with E-state index in [-0.39, 0.29) is 24.0 Å². The number of hydrogen-bond acceptors (Lipinski definition) is 4. The molecule has 0 aliphatic carbocycles. The molecule has 0 saturated carbocycles. The third-order valence-corrected chi connectivity index (χ3v) is 4.56. The van der Waals surface area contributed by atoms with Crippen LogP contribution in [0.5, 0.6) is 0 Å². The molecule has 1 aliphatic heterocycles. The molecule has 0 aromatic rings. The lowest BCUT2D eigenvalue weighted by molar-refractivity contribution is 0.0702. The van der Waals surface area contributed by atoms with E-state index in [1.807, 2.05) is 0 Å². The summed E-state index contributed by atoms with van der Waals surface area (Å²) in [4.78, 5) is 7.21. The summed E-state index contributed by atoms with van der Waals surface area (Å²) in [5, 5.41) is 6.74. The van der Waals surface area contributed by atoms with Gasteiger partial charge in [0.2, 0.25) is 0 Å². The van der Waals surface area contributed by atoms with E-state index in [9.17, 15) is 0 Å². The van der Waals surface area contributed by atoms with Crippen molar-refractivity contribution in [2.45, 2.75) is 46.0 Å². The van der Waals surface area contributed by atoms with Crippen molar-refractivity contribution in [2.75, 3.05) is 66.2 Å². The molecule has 6 nitrogen and oxygen atoms in total. The number of likely N-dealkylation sites (tertiary alicyclic amines) is 1. The minimum Gasteiger partial charge on any atom is -0.382 e. The van der Waals surface area contributed by atoms with Gasteiger partial charge in [0.1, 0.15) is 0 Å². The maximum Gasteiger partial charge on any atom is 0.191 e. The van der Waals surface area contributed by atoms with Crippen LogP contribution in [0.4, 0.5) is 0 Å². The Morgan fingerprint density at radius 3 is 2.54 bits per heavy atom. The lowest BCUT2D eigenvalue weighted by atomic mass is 9.99. The number of methoxy groups -OCH3 is 1. The maximum absolute atomic E-state index is 5.45. The van der Waals surface area contributed by atoms with Gasteiger partial charge in [0, 0.05) is 33.4 Å². The van der Waals surface area contributed by atoms with Crippen molar-refractivity contribution in [1.29, 1.82) is 0 Å². The van der Waals surface area contributed by atoms with Gasteiger partial charge in [-0.05, 0) is 64.6 Å². The van der Waals surface area contributed by atoms with Gasteiger partial charge in [-0.1, -0.05) is 6.92 Å². The summed E-state index contributed by atoms with van der Waals surface area (Å²) in [6, 6.07) is 0. The van der Waals surface area contributed by atoms with Crippen LogP contribution in [-0.4, -0.2) is 77.1 Å². The lowest BCUT2D eigenvalue weighted by Gasteiger charge is -2.30. The number of halogens is 1. The number of nitrogens with one attached hydrogen (secondary N) is 2. The molecular weight excluding hydrogens is 443 g/mol. The first-order valence-corrected chi connectivity index (χ1v) is 10.1. The SMILES string of the molecule is CCNC(=NCCCOCCOC)NCCCCN1CCC(C)CC1.I. The standard InChI is InChI=1S/C19H40N4O2.HI/c1-4-20-19(22-11-7-15-25-17-16-24-3)21-10-5-6-12-23-13-8-18(2)9-14-23;/h18H,4-17H2,1-3H3,(H2,20,21,22);1H. The van der Waals surface area contributed by atoms with Crippen molar-refractivity contribution in [1.82, 2.24) is 15.5 Å². The number of aliphatic imine (C=N–C) groups is 1. The van der Waals surface area contributed by atoms with Gasteiger partial charge >= 0.3 is 0 Å². The van der Waals surface area contributed by atoms with Gasteiger partial charge in [-0.2, -0.15) is 0 Å². The third-order valence-electron chi connectivity index (χ3n) is 4.56. The summed E-state index contributed by atoms with van der Waals surface area (Å²) < 4.78 is 10.4. The molecule has 1 aliphatic rings. The van der Waals surface area contributed by atoms with Gasteiger partial charge in [0.05, 0.1) is 13.2 Å². The Labute approximate surface area is 177 Å². The first-order valence-electron chi connectivity index (χ1n) is 10.1. The van der Waals surface area contributed by atoms with Crippen LogP contribution >= 0.6 is 24.0 Å². The quantitative estimate of drug-likeness (QED) is 0.182. The second kappa shape index (κ2) is 18.3. The van der Waals surface area contributed by atoms with Crippen LogP contribution in [-0.2, 0) is 9.47 Å². The minimum atomic E-state index is 0. The number of unbranched alkanes of at least 4 members (excludes halogenated alkanes) is 1. The lowest BCUT2D eigenvalue weighted by Crippen LogP contribution is -2.38. The summed E-state index contributed by atoms with van der Waals surface area (Å²) in [5.41, 5.74) is 0. The van der Waals surface area contributed by atoms with Crippen molar-refractivity contribution in [3.05, 3.63) is 0 Å². The van der Waals surface area contributed by atoms with Crippen LogP contribution in [0.1, 0.15) is 46.0 Å². The Morgan fingerprint density at radius 1 is 1.08 bits per heavy atom. The Kier molecular flexibility index (Phi) is 18.2. The maximum atomic E-state index is 5.45. The molecule has 0 radical (unpaired) electrons. The summed E-state index contributed by atoms with van der Waals surface area (Å²) in [6.45, 7) is 13.0. The van der Waals surface area contributed by atoms with Crippen molar-refractivity contribution in [3.63, 3.8) is 0 Å². The van der Waals surface area contributed by atoms with E-state index in [4.69, 9.17) is 9.47 Å². The zero-order valence-corrected chi connectivity index (χ0v) is 19.4. The van der Waals surface area contributed by atoms with Crippen LogP contribution in [0, 0.1) is 5.92 Å². The van der Waals surface area contributed by atoms with Gasteiger partial charge in [-0.15, -0.1) is 24.0 Å². The summed E-state index contributed by atoms with van der Waals surface area (Å²) in [6.07, 6.45) is 6.12. The fourth-order valence-corrected chi connectivity index (χ4v) is 2.90. The van der Waals surface area contributed by atoms with Gasteiger partial charge in [-0.25, -0.2) is 0 Å². The largest absolute Gasteiger partial charge is 0.382 e. The number of piperidine rings is 1. The Hall–Kier alpha value is -0.120. The highest BCUT2D eigenvalue weighted by Crippen LogP contribution is 2.15. The normalized spacial score (nSPS) is 16.3. The van der Waals surface area contributed by atoms with E-state index < -0.39 is 0 Å². The van der Waals surface area contributed by atoms with Crippen molar-refractivity contribution in [2.24, 2.45) is 10.9 Å². The minimum absolute atomic E-state index is 0. The summed E-state index contributed by atoms with van der Waals surface area (Å²) >= 11 is 0. The molecule has 1 fully saturated rings. The number of hydrogen-bond donors (Lipinski definition) is 2. The molecule has 1 saturated heterocycles. The number of ether oxygens (including phenoxy) is 2. The highest BCUT2D eigenvalue weighted by molar-refractivity contribution is 14.0. The zero-order chi connectivity index (χ0) is 18.2. The van der Waals surface area contributed by atoms with Crippen molar-refractivity contribution in [3.8, 4) is 0 Å². The molecule has 0 amide bonds. The predicted octanol–water partition coefficient (Wildman–Crippen LogP) is 2.72. The molecule has 0 unspecified atom stereocenters. The molecule has 0 aromatic carbocycles. The van der Waals surface area contributed by atoms with E-state index >= 15 is 0 Å². The highest BCUT2D eigenvalue weighted by atomic mass is 127. The monoisotopic (exact) mass is 484 g/mol. The van der Waals surface area contributed by atoms with Crippen LogP contribution < -0.4 is 10.6 Å². The Balaban J connectivity index is 0.00000625. The molecule has 0 bridgehead atoms. The van der Waals surface area contributed by atoms with Crippen molar-refractivity contribution < 1.29 is 9.47 Å². The molecule has 26 heavy (non-hydrogen) atoms. The molecule has 0 atom stereocenters. The molecule has 1 heterocycles. The van der Waals surface area contributed by atoms with Crippen LogP contribution in [0.15, 0.2) is 4.99 Å². The molecule has 7 heteroatoms. The molecule has 156 valence electrons. The molecule has 0 spiro atoms. The van der Waals surface area contributed by atoms with Crippen LogP contribution in [0.2, 0.25) is 0 Å². The molecule has 0 aromatic heterocycles. The molecule has 2 N–H and O–H groups in total. The summed E-state index contributed by atoms with van der Waals surface area (Å²) in [5.74, 6) is 1.84. The van der Waals surface area contributed by atoms with Crippen molar-refractivity contribution >= 4 is 29.9 Å².